The van der Waals surface area contributed by atoms with Crippen LogP contribution >= 0.6 is 11.6 Å². The highest BCUT2D eigenvalue weighted by Crippen LogP contribution is 2.37. The van der Waals surface area contributed by atoms with Crippen LogP contribution in [0, 0.1) is 0 Å². The van der Waals surface area contributed by atoms with Gasteiger partial charge in [0.1, 0.15) is 24.6 Å². The van der Waals surface area contributed by atoms with Crippen LogP contribution in [0.25, 0.3) is 0 Å². The molecule has 37 heavy (non-hydrogen) atoms. The Morgan fingerprint density at radius 2 is 2.08 bits per heavy atom. The molecule has 1 aromatic carbocycles. The first-order valence-electron chi connectivity index (χ1n) is 11.4. The minimum absolute atomic E-state index is 0.243. The predicted octanol–water partition coefficient (Wildman–Crippen LogP) is 0.962. The van der Waals surface area contributed by atoms with Gasteiger partial charge in [-0.1, -0.05) is 23.7 Å². The number of β-lactam (4-membered cyclic amide) rings is 1. The second kappa shape index (κ2) is 10.6. The highest BCUT2D eigenvalue weighted by Gasteiger charge is 2.61. The monoisotopic (exact) mass is 553 g/mol. The lowest BCUT2D eigenvalue weighted by Crippen LogP contribution is -2.75. The Morgan fingerprint density at radius 3 is 2.70 bits per heavy atom. The molecule has 198 valence electrons. The number of halogens is 1. The highest BCUT2D eigenvalue weighted by molar-refractivity contribution is 7.92. The van der Waals surface area contributed by atoms with Crippen molar-refractivity contribution in [2.75, 3.05) is 12.4 Å². The van der Waals surface area contributed by atoms with Crippen LogP contribution in [-0.2, 0) is 38.5 Å². The quantitative estimate of drug-likeness (QED) is 0.351. The molecule has 2 unspecified atom stereocenters. The third-order valence-electron chi connectivity index (χ3n) is 6.05. The van der Waals surface area contributed by atoms with Gasteiger partial charge in [-0.15, -0.1) is 0 Å². The summed E-state index contributed by atoms with van der Waals surface area (Å²) in [5.74, 6) is -4.79. The topological polar surface area (TPSA) is 169 Å². The van der Waals surface area contributed by atoms with E-state index in [1.807, 2.05) is 0 Å². The lowest BCUT2D eigenvalue weighted by atomic mass is 10.0. The number of benzene rings is 1. The summed E-state index contributed by atoms with van der Waals surface area (Å²) < 4.78 is 36.8. The van der Waals surface area contributed by atoms with Crippen LogP contribution in [0.15, 0.2) is 40.5 Å². The molecule has 1 aromatic rings. The molecule has 3 heterocycles. The second-order valence-corrected chi connectivity index (χ2v) is 11.3. The van der Waals surface area contributed by atoms with Crippen molar-refractivity contribution in [3.8, 4) is 0 Å². The molecule has 1 fully saturated rings. The second-order valence-electron chi connectivity index (χ2n) is 8.72. The summed E-state index contributed by atoms with van der Waals surface area (Å²) in [5.41, 5.74) is -0.459. The van der Waals surface area contributed by atoms with Gasteiger partial charge in [0.15, 0.2) is 21.3 Å². The Hall–Kier alpha value is -3.29. The van der Waals surface area contributed by atoms with Crippen molar-refractivity contribution < 1.29 is 42.2 Å². The number of sulfone groups is 1. The van der Waals surface area contributed by atoms with Crippen molar-refractivity contribution in [3.05, 3.63) is 46.1 Å². The summed E-state index contributed by atoms with van der Waals surface area (Å²) in [4.78, 5) is 54.2. The summed E-state index contributed by atoms with van der Waals surface area (Å²) in [6, 6.07) is 4.79. The molecule has 2 N–H and O–H groups in total. The maximum absolute atomic E-state index is 13.3. The maximum atomic E-state index is 13.3. The molecule has 0 aliphatic carbocycles. The van der Waals surface area contributed by atoms with Crippen molar-refractivity contribution in [2.45, 2.75) is 49.9 Å². The van der Waals surface area contributed by atoms with Crippen molar-refractivity contribution in [2.24, 2.45) is 4.99 Å². The third-order valence-corrected chi connectivity index (χ3v) is 8.26. The molecular formula is C23H24ClN3O9S. The minimum Gasteiger partial charge on any atom is -0.477 e. The van der Waals surface area contributed by atoms with E-state index in [-0.39, 0.29) is 5.57 Å². The van der Waals surface area contributed by atoms with Gasteiger partial charge in [-0.25, -0.2) is 13.2 Å². The number of hydrogen-bond donors (Lipinski definition) is 2. The number of rotatable bonds is 8. The molecule has 0 spiro atoms. The molecule has 0 bridgehead atoms. The van der Waals surface area contributed by atoms with Crippen LogP contribution in [0.3, 0.4) is 0 Å². The molecule has 4 rings (SSSR count). The number of aliphatic imine (C=N–C) groups is 1. The van der Waals surface area contributed by atoms with Gasteiger partial charge in [0.25, 0.3) is 11.8 Å². The van der Waals surface area contributed by atoms with Crippen LogP contribution in [0.2, 0.25) is 5.02 Å². The van der Waals surface area contributed by atoms with Crippen molar-refractivity contribution in [1.82, 2.24) is 10.2 Å². The number of fused-ring (bicyclic) bond motifs is 1. The van der Waals surface area contributed by atoms with Gasteiger partial charge in [0.05, 0.1) is 5.75 Å². The summed E-state index contributed by atoms with van der Waals surface area (Å²) in [6.45, 7) is 0.481. The van der Waals surface area contributed by atoms with E-state index in [1.165, 1.54) is 6.07 Å². The zero-order chi connectivity index (χ0) is 26.9. The number of nitrogens with one attached hydrogen (secondary N) is 1. The number of carboxylic acid groups (broad SMARTS) is 1. The average molecular weight is 554 g/mol. The van der Waals surface area contributed by atoms with Gasteiger partial charge in [0, 0.05) is 23.7 Å². The number of carbonyl (C=O) groups is 4. The Morgan fingerprint density at radius 1 is 1.32 bits per heavy atom. The molecule has 3 aliphatic heterocycles. The van der Waals surface area contributed by atoms with E-state index in [0.717, 1.165) is 19.8 Å². The largest absolute Gasteiger partial charge is 0.477 e. The van der Waals surface area contributed by atoms with Gasteiger partial charge in [-0.2, -0.15) is 0 Å². The van der Waals surface area contributed by atoms with E-state index in [1.54, 1.807) is 24.4 Å². The van der Waals surface area contributed by atoms with Gasteiger partial charge in [-0.3, -0.25) is 24.3 Å². The lowest BCUT2D eigenvalue weighted by molar-refractivity contribution is -0.154. The summed E-state index contributed by atoms with van der Waals surface area (Å²) in [7, 11) is -4.15. The molecule has 14 heteroatoms. The van der Waals surface area contributed by atoms with Gasteiger partial charge in [-0.05, 0) is 37.0 Å². The van der Waals surface area contributed by atoms with Crippen molar-refractivity contribution >= 4 is 51.4 Å². The Kier molecular flexibility index (Phi) is 7.67. The van der Waals surface area contributed by atoms with Crippen molar-refractivity contribution in [1.29, 1.82) is 0 Å². The van der Waals surface area contributed by atoms with Gasteiger partial charge in [0.2, 0.25) is 0 Å². The molecule has 12 nitrogen and oxygen atoms in total. The fraction of sp³-hybridized carbons (Fsp3) is 0.435. The number of aliphatic carboxylic acids is 1. The molecule has 0 aromatic heterocycles. The van der Waals surface area contributed by atoms with Crippen LogP contribution in [0.1, 0.15) is 37.9 Å². The summed E-state index contributed by atoms with van der Waals surface area (Å²) in [5, 5.41) is 10.8. The van der Waals surface area contributed by atoms with Gasteiger partial charge >= 0.3 is 11.9 Å². The van der Waals surface area contributed by atoms with E-state index < -0.39 is 75.4 Å². The van der Waals surface area contributed by atoms with Crippen molar-refractivity contribution in [3.63, 3.8) is 0 Å². The number of ether oxygens (including phenoxy) is 2. The zero-order valence-electron chi connectivity index (χ0n) is 19.6. The molecule has 3 aliphatic rings. The maximum Gasteiger partial charge on any atom is 0.352 e. The zero-order valence-corrected chi connectivity index (χ0v) is 21.2. The van der Waals surface area contributed by atoms with E-state index in [9.17, 15) is 32.7 Å². The first kappa shape index (κ1) is 26.8. The first-order chi connectivity index (χ1) is 17.5. The normalized spacial score (nSPS) is 25.1. The van der Waals surface area contributed by atoms with E-state index in [4.69, 9.17) is 21.1 Å². The fourth-order valence-corrected chi connectivity index (χ4v) is 6.63. The Labute approximate surface area is 217 Å². The molecule has 2 amide bonds. The number of nitrogens with zero attached hydrogens (tertiary/aromatic N) is 2. The summed E-state index contributed by atoms with van der Waals surface area (Å²) in [6.07, 6.45) is 1.94. The Balaban J connectivity index is 1.60. The fourth-order valence-electron chi connectivity index (χ4n) is 4.42. The average Bonchev–Trinajstić information content (AvgIpc) is 2.84. The number of carbonyl (C=O) groups excluding carboxylic acids is 3. The van der Waals surface area contributed by atoms with Gasteiger partial charge < -0.3 is 19.9 Å². The predicted molar refractivity (Wildman–Crippen MR) is 129 cm³/mol. The number of esters is 1. The van der Waals surface area contributed by atoms with E-state index in [2.05, 4.69) is 10.3 Å². The van der Waals surface area contributed by atoms with E-state index >= 15 is 0 Å². The van der Waals surface area contributed by atoms with Crippen LogP contribution in [-0.4, -0.2) is 78.4 Å². The third kappa shape index (κ3) is 5.53. The van der Waals surface area contributed by atoms with Crippen LogP contribution in [0.5, 0.6) is 0 Å². The van der Waals surface area contributed by atoms with Crippen LogP contribution < -0.4 is 5.32 Å². The highest BCUT2D eigenvalue weighted by atomic mass is 35.5. The molecular weight excluding hydrogens is 530 g/mol. The number of amides is 2. The molecule has 0 radical (unpaired) electrons. The van der Waals surface area contributed by atoms with Crippen LogP contribution in [0.4, 0.5) is 0 Å². The summed E-state index contributed by atoms with van der Waals surface area (Å²) >= 11 is 6.09. The standard InChI is InChI=1S/C23H24ClN3O9S/c1-12(28)35-10-14-11-37(33,34)22-17(21(30)27(22)18(14)23(31)32)26-20(29)19(13-5-4-6-15(24)9-13)36-16-7-2-3-8-25-16/h4-6,8-9,16-17,19,22H,2-3,7,10-11H2,1H3,(H,26,29)(H,31,32)/t16?,17-,19?,22-/m0/s1. The lowest BCUT2D eigenvalue weighted by Gasteiger charge is -2.49. The van der Waals surface area contributed by atoms with E-state index in [0.29, 0.717) is 21.9 Å². The number of carboxylic acids is 1. The SMILES string of the molecule is CC(=O)OCC1=C(C(=O)O)N2C(=O)[C@H](NC(=O)C(OC3CCCC=N3)c3cccc(Cl)c3)[C@@H]2S(=O)(=O)C1. The first-order valence-corrected chi connectivity index (χ1v) is 13.4. The minimum atomic E-state index is -4.15. The smallest absolute Gasteiger partial charge is 0.352 e. The molecule has 4 atom stereocenters. The Bertz CT molecular complexity index is 1310. The molecule has 1 saturated heterocycles. The number of hydrogen-bond acceptors (Lipinski definition) is 9. The molecule has 0 saturated carbocycles.